The topological polar surface area (TPSA) is 81.7 Å². The molecule has 1 aliphatic heterocycles. The van der Waals surface area contributed by atoms with Crippen LogP contribution >= 0.6 is 11.6 Å². The van der Waals surface area contributed by atoms with Gasteiger partial charge >= 0.3 is 11.7 Å². The summed E-state index contributed by atoms with van der Waals surface area (Å²) in [7, 11) is 1.56. The van der Waals surface area contributed by atoms with Gasteiger partial charge in [-0.1, -0.05) is 54.1 Å². The summed E-state index contributed by atoms with van der Waals surface area (Å²) in [5.41, 5.74) is 1.79. The molecule has 0 amide bonds. The number of halogens is 1. The van der Waals surface area contributed by atoms with E-state index in [9.17, 15) is 9.59 Å². The van der Waals surface area contributed by atoms with Crippen LogP contribution < -0.4 is 10.7 Å². The third-order valence-electron chi connectivity index (χ3n) is 5.41. The first-order valence-electron chi connectivity index (χ1n) is 10.6. The summed E-state index contributed by atoms with van der Waals surface area (Å²) in [4.78, 5) is 25.0. The second kappa shape index (κ2) is 8.86. The number of ether oxygens (including phenoxy) is 1. The number of benzene rings is 2. The summed E-state index contributed by atoms with van der Waals surface area (Å²) in [6, 6.07) is 17.6. The van der Waals surface area contributed by atoms with Gasteiger partial charge in [0.05, 0.1) is 17.7 Å². The molecule has 3 aromatic rings. The number of carbonyl (C=O) groups is 1. The van der Waals surface area contributed by atoms with E-state index in [1.165, 1.54) is 9.25 Å². The predicted molar refractivity (Wildman–Crippen MR) is 128 cm³/mol. The molecule has 0 N–H and O–H groups in total. The molecule has 9 heteroatoms. The Bertz CT molecular complexity index is 1240. The molecular weight excluding hydrogens is 442 g/mol. The van der Waals surface area contributed by atoms with Crippen LogP contribution in [0.3, 0.4) is 0 Å². The van der Waals surface area contributed by atoms with E-state index in [0.717, 1.165) is 16.8 Å². The second-order valence-corrected chi connectivity index (χ2v) is 9.42. The molecule has 2 aromatic carbocycles. The average molecular weight is 468 g/mol. The van der Waals surface area contributed by atoms with E-state index in [0.29, 0.717) is 17.5 Å². The lowest BCUT2D eigenvalue weighted by Crippen LogP contribution is -2.30. The van der Waals surface area contributed by atoms with Gasteiger partial charge in [0.2, 0.25) is 0 Å². The van der Waals surface area contributed by atoms with Crippen molar-refractivity contribution < 1.29 is 9.53 Å². The van der Waals surface area contributed by atoms with Crippen molar-refractivity contribution in [1.29, 1.82) is 0 Å². The van der Waals surface area contributed by atoms with E-state index in [1.807, 2.05) is 42.5 Å². The monoisotopic (exact) mass is 467 g/mol. The standard InChI is InChI=1S/C24H26ClN5O3/c1-24(2,3)21(31)33-15-29-22(27-28(4)23(29)32)30-14-19(16-8-6-5-7-9-16)20(26-30)17-10-12-18(25)13-11-17/h5-13,19H,14-15H2,1-4H3. The van der Waals surface area contributed by atoms with Gasteiger partial charge in [-0.25, -0.2) is 19.1 Å². The number of aromatic nitrogens is 3. The minimum absolute atomic E-state index is 0.0462. The first kappa shape index (κ1) is 22.8. The van der Waals surface area contributed by atoms with Crippen LogP contribution in [0.2, 0.25) is 5.02 Å². The Morgan fingerprint density at radius 2 is 1.79 bits per heavy atom. The van der Waals surface area contributed by atoms with E-state index in [4.69, 9.17) is 21.4 Å². The summed E-state index contributed by atoms with van der Waals surface area (Å²) in [5.74, 6) is -0.137. The van der Waals surface area contributed by atoms with Gasteiger partial charge in [-0.15, -0.1) is 5.10 Å². The van der Waals surface area contributed by atoms with Gasteiger partial charge in [0.1, 0.15) is 0 Å². The number of esters is 1. The number of rotatable bonds is 5. The molecule has 172 valence electrons. The zero-order valence-electron chi connectivity index (χ0n) is 19.0. The van der Waals surface area contributed by atoms with Gasteiger partial charge in [-0.3, -0.25) is 4.79 Å². The number of hydrazone groups is 1. The molecular formula is C24H26ClN5O3. The van der Waals surface area contributed by atoms with Crippen LogP contribution in [0.4, 0.5) is 5.95 Å². The minimum atomic E-state index is -0.683. The summed E-state index contributed by atoms with van der Waals surface area (Å²) in [6.45, 7) is 5.52. The third kappa shape index (κ3) is 4.71. The smallest absolute Gasteiger partial charge is 0.349 e. The molecule has 0 saturated carbocycles. The molecule has 4 rings (SSSR count). The number of hydrogen-bond donors (Lipinski definition) is 0. The van der Waals surface area contributed by atoms with Crippen molar-refractivity contribution in [3.05, 3.63) is 81.2 Å². The minimum Gasteiger partial charge on any atom is -0.443 e. The van der Waals surface area contributed by atoms with Crippen molar-refractivity contribution in [3.8, 4) is 0 Å². The van der Waals surface area contributed by atoms with Crippen LogP contribution in [-0.2, 0) is 23.3 Å². The van der Waals surface area contributed by atoms with Crippen LogP contribution in [-0.4, -0.2) is 32.6 Å². The highest BCUT2D eigenvalue weighted by molar-refractivity contribution is 6.30. The van der Waals surface area contributed by atoms with E-state index >= 15 is 0 Å². The fraction of sp³-hybridized carbons (Fsp3) is 0.333. The summed E-state index contributed by atoms with van der Waals surface area (Å²) >= 11 is 6.09. The maximum Gasteiger partial charge on any atom is 0.349 e. The lowest BCUT2D eigenvalue weighted by Gasteiger charge is -2.19. The maximum absolute atomic E-state index is 12.7. The summed E-state index contributed by atoms with van der Waals surface area (Å²) < 4.78 is 7.94. The highest BCUT2D eigenvalue weighted by Crippen LogP contribution is 2.31. The van der Waals surface area contributed by atoms with E-state index in [2.05, 4.69) is 17.2 Å². The zero-order valence-corrected chi connectivity index (χ0v) is 19.8. The molecule has 0 spiro atoms. The normalized spacial score (nSPS) is 16.1. The fourth-order valence-corrected chi connectivity index (χ4v) is 3.72. The number of nitrogens with zero attached hydrogens (tertiary/aromatic N) is 5. The van der Waals surface area contributed by atoms with Gasteiger partial charge in [0.25, 0.3) is 5.95 Å². The highest BCUT2D eigenvalue weighted by atomic mass is 35.5. The van der Waals surface area contributed by atoms with Crippen molar-refractivity contribution in [1.82, 2.24) is 14.3 Å². The van der Waals surface area contributed by atoms with E-state index in [1.54, 1.807) is 32.8 Å². The molecule has 1 unspecified atom stereocenters. The number of carbonyl (C=O) groups excluding carboxylic acids is 1. The molecule has 1 aliphatic rings. The van der Waals surface area contributed by atoms with Crippen molar-refractivity contribution in [2.75, 3.05) is 11.6 Å². The van der Waals surface area contributed by atoms with Crippen molar-refractivity contribution in [2.45, 2.75) is 33.4 Å². The lowest BCUT2D eigenvalue weighted by atomic mass is 9.91. The molecule has 0 fully saturated rings. The molecule has 0 saturated heterocycles. The quantitative estimate of drug-likeness (QED) is 0.533. The third-order valence-corrected chi connectivity index (χ3v) is 5.66. The van der Waals surface area contributed by atoms with Crippen molar-refractivity contribution in [2.24, 2.45) is 17.6 Å². The molecule has 2 heterocycles. The Morgan fingerprint density at radius 1 is 1.12 bits per heavy atom. The van der Waals surface area contributed by atoms with Gasteiger partial charge < -0.3 is 4.74 Å². The van der Waals surface area contributed by atoms with Crippen LogP contribution in [0, 0.1) is 5.41 Å². The Balaban J connectivity index is 1.72. The molecule has 0 radical (unpaired) electrons. The summed E-state index contributed by atoms with van der Waals surface area (Å²) in [6.07, 6.45) is 0. The molecule has 8 nitrogen and oxygen atoms in total. The van der Waals surface area contributed by atoms with Crippen molar-refractivity contribution in [3.63, 3.8) is 0 Å². The van der Waals surface area contributed by atoms with Gasteiger partial charge in [0, 0.05) is 18.0 Å². The van der Waals surface area contributed by atoms with Gasteiger partial charge in [0.15, 0.2) is 6.73 Å². The second-order valence-electron chi connectivity index (χ2n) is 8.98. The van der Waals surface area contributed by atoms with E-state index < -0.39 is 17.1 Å². The molecule has 0 bridgehead atoms. The highest BCUT2D eigenvalue weighted by Gasteiger charge is 2.33. The average Bonchev–Trinajstić information content (AvgIpc) is 3.34. The molecule has 33 heavy (non-hydrogen) atoms. The Morgan fingerprint density at radius 3 is 2.42 bits per heavy atom. The zero-order chi connectivity index (χ0) is 23.8. The molecule has 0 aliphatic carbocycles. The lowest BCUT2D eigenvalue weighted by molar-refractivity contribution is -0.157. The van der Waals surface area contributed by atoms with Crippen LogP contribution in [0.15, 0.2) is 64.5 Å². The van der Waals surface area contributed by atoms with Crippen LogP contribution in [0.5, 0.6) is 0 Å². The Labute approximate surface area is 197 Å². The molecule has 1 atom stereocenters. The Kier molecular flexibility index (Phi) is 6.12. The maximum atomic E-state index is 12.7. The first-order valence-corrected chi connectivity index (χ1v) is 11.0. The van der Waals surface area contributed by atoms with E-state index in [-0.39, 0.29) is 12.6 Å². The number of hydrogen-bond acceptors (Lipinski definition) is 6. The first-order chi connectivity index (χ1) is 15.6. The molecule has 1 aromatic heterocycles. The van der Waals surface area contributed by atoms with Crippen LogP contribution in [0.1, 0.15) is 37.8 Å². The van der Waals surface area contributed by atoms with Crippen molar-refractivity contribution >= 4 is 29.2 Å². The predicted octanol–water partition coefficient (Wildman–Crippen LogP) is 3.79. The Hall–Kier alpha value is -3.39. The summed E-state index contributed by atoms with van der Waals surface area (Å²) in [5, 5.41) is 11.5. The number of anilines is 1. The van der Waals surface area contributed by atoms with Crippen LogP contribution in [0.25, 0.3) is 0 Å². The largest absolute Gasteiger partial charge is 0.443 e. The van der Waals surface area contributed by atoms with Gasteiger partial charge in [-0.2, -0.15) is 5.10 Å². The van der Waals surface area contributed by atoms with Gasteiger partial charge in [-0.05, 0) is 44.0 Å². The fourth-order valence-electron chi connectivity index (χ4n) is 3.59. The number of aryl methyl sites for hydroxylation is 1. The SMILES string of the molecule is Cn1nc(N2CC(c3ccccc3)C(c3ccc(Cl)cc3)=N2)n(COC(=O)C(C)(C)C)c1=O.